The van der Waals surface area contributed by atoms with Gasteiger partial charge >= 0.3 is 0 Å². The minimum atomic E-state index is -0.387. The zero-order valence-electron chi connectivity index (χ0n) is 11.2. The number of hydrogen-bond acceptors (Lipinski definition) is 3. The zero-order valence-corrected chi connectivity index (χ0v) is 12.8. The highest BCUT2D eigenvalue weighted by Crippen LogP contribution is 2.38. The van der Waals surface area contributed by atoms with Crippen molar-refractivity contribution in [1.29, 1.82) is 0 Å². The number of aromatic nitrogens is 1. The van der Waals surface area contributed by atoms with Crippen LogP contribution in [0.4, 0.5) is 4.39 Å². The van der Waals surface area contributed by atoms with Crippen molar-refractivity contribution in [3.8, 4) is 10.6 Å². The Morgan fingerprint density at radius 3 is 3.10 bits per heavy atom. The summed E-state index contributed by atoms with van der Waals surface area (Å²) in [7, 11) is 0. The Morgan fingerprint density at radius 1 is 1.50 bits per heavy atom. The monoisotopic (exact) mass is 310 g/mol. The molecule has 0 bridgehead atoms. The number of thiazole rings is 1. The van der Waals surface area contributed by atoms with Crippen LogP contribution in [0.25, 0.3) is 10.6 Å². The molecule has 2 nitrogen and oxygen atoms in total. The summed E-state index contributed by atoms with van der Waals surface area (Å²) in [6.45, 7) is 3.08. The summed E-state index contributed by atoms with van der Waals surface area (Å²) < 4.78 is 13.2. The van der Waals surface area contributed by atoms with Crippen LogP contribution >= 0.6 is 22.9 Å². The molecule has 0 radical (unpaired) electrons. The second kappa shape index (κ2) is 5.80. The second-order valence-electron chi connectivity index (χ2n) is 4.96. The molecule has 1 atom stereocenters. The molecular weight excluding hydrogens is 295 g/mol. The molecule has 0 saturated heterocycles. The molecule has 2 aromatic rings. The number of aryl methyl sites for hydroxylation is 1. The van der Waals surface area contributed by atoms with E-state index in [1.165, 1.54) is 16.6 Å². The molecule has 1 unspecified atom stereocenters. The van der Waals surface area contributed by atoms with E-state index in [9.17, 15) is 4.39 Å². The van der Waals surface area contributed by atoms with Crippen molar-refractivity contribution in [2.45, 2.75) is 32.2 Å². The molecule has 20 heavy (non-hydrogen) atoms. The molecule has 0 aliphatic heterocycles. The van der Waals surface area contributed by atoms with Crippen LogP contribution in [0.3, 0.4) is 0 Å². The van der Waals surface area contributed by atoms with Gasteiger partial charge in [-0.1, -0.05) is 18.5 Å². The maximum absolute atomic E-state index is 13.2. The van der Waals surface area contributed by atoms with Crippen LogP contribution in [-0.2, 0) is 6.42 Å². The molecule has 0 spiro atoms. The van der Waals surface area contributed by atoms with Crippen LogP contribution in [0.1, 0.15) is 36.4 Å². The molecule has 1 aromatic carbocycles. The third-order valence-corrected chi connectivity index (χ3v) is 5.12. The van der Waals surface area contributed by atoms with Gasteiger partial charge in [0.15, 0.2) is 0 Å². The van der Waals surface area contributed by atoms with Crippen molar-refractivity contribution in [2.24, 2.45) is 0 Å². The highest BCUT2D eigenvalue weighted by Gasteiger charge is 2.24. The smallest absolute Gasteiger partial charge is 0.141 e. The fourth-order valence-electron chi connectivity index (χ4n) is 2.61. The van der Waals surface area contributed by atoms with Gasteiger partial charge in [0.25, 0.3) is 0 Å². The van der Waals surface area contributed by atoms with Crippen LogP contribution in [-0.4, -0.2) is 11.5 Å². The lowest BCUT2D eigenvalue weighted by atomic mass is 9.98. The largest absolute Gasteiger partial charge is 0.309 e. The lowest BCUT2D eigenvalue weighted by Crippen LogP contribution is -2.23. The fraction of sp³-hybridized carbons (Fsp3) is 0.400. The Labute approximate surface area is 127 Å². The average molecular weight is 311 g/mol. The van der Waals surface area contributed by atoms with E-state index in [2.05, 4.69) is 12.2 Å². The van der Waals surface area contributed by atoms with E-state index < -0.39 is 0 Å². The predicted molar refractivity (Wildman–Crippen MR) is 81.9 cm³/mol. The molecule has 0 saturated carbocycles. The van der Waals surface area contributed by atoms with Crippen molar-refractivity contribution in [3.05, 3.63) is 39.6 Å². The maximum Gasteiger partial charge on any atom is 0.141 e. The van der Waals surface area contributed by atoms with Gasteiger partial charge in [0.2, 0.25) is 0 Å². The number of halogens is 2. The van der Waals surface area contributed by atoms with Gasteiger partial charge in [-0.15, -0.1) is 11.3 Å². The van der Waals surface area contributed by atoms with Crippen LogP contribution in [0.15, 0.2) is 18.2 Å². The summed E-state index contributed by atoms with van der Waals surface area (Å²) in [5.74, 6) is -0.387. The molecule has 1 N–H and O–H groups in total. The number of benzene rings is 1. The minimum Gasteiger partial charge on any atom is -0.309 e. The molecule has 106 valence electrons. The van der Waals surface area contributed by atoms with E-state index in [1.54, 1.807) is 23.5 Å². The quantitative estimate of drug-likeness (QED) is 0.897. The van der Waals surface area contributed by atoms with E-state index >= 15 is 0 Å². The first kappa shape index (κ1) is 14.0. The lowest BCUT2D eigenvalue weighted by molar-refractivity contribution is 0.476. The van der Waals surface area contributed by atoms with E-state index in [-0.39, 0.29) is 10.8 Å². The highest BCUT2D eigenvalue weighted by molar-refractivity contribution is 7.15. The summed E-state index contributed by atoms with van der Waals surface area (Å²) in [5.41, 5.74) is 2.08. The number of nitrogens with one attached hydrogen (secondary N) is 1. The Bertz CT molecular complexity index is 626. The van der Waals surface area contributed by atoms with Crippen LogP contribution in [0.2, 0.25) is 5.02 Å². The normalized spacial score (nSPS) is 18.1. The maximum atomic E-state index is 13.2. The molecule has 5 heteroatoms. The van der Waals surface area contributed by atoms with Crippen LogP contribution < -0.4 is 5.32 Å². The van der Waals surface area contributed by atoms with Gasteiger partial charge < -0.3 is 5.32 Å². The first-order valence-electron chi connectivity index (χ1n) is 6.87. The van der Waals surface area contributed by atoms with E-state index in [0.717, 1.165) is 36.4 Å². The van der Waals surface area contributed by atoms with Crippen molar-refractivity contribution in [1.82, 2.24) is 10.3 Å². The highest BCUT2D eigenvalue weighted by atomic mass is 35.5. The number of fused-ring (bicyclic) bond motifs is 1. The molecule has 0 amide bonds. The summed E-state index contributed by atoms with van der Waals surface area (Å²) >= 11 is 7.55. The minimum absolute atomic E-state index is 0.152. The summed E-state index contributed by atoms with van der Waals surface area (Å²) in [6, 6.07) is 5.21. The fourth-order valence-corrected chi connectivity index (χ4v) is 4.01. The first-order valence-corrected chi connectivity index (χ1v) is 8.07. The lowest BCUT2D eigenvalue weighted by Gasteiger charge is -2.21. The van der Waals surface area contributed by atoms with Crippen molar-refractivity contribution < 1.29 is 4.39 Å². The Kier molecular flexibility index (Phi) is 4.06. The van der Waals surface area contributed by atoms with Crippen molar-refractivity contribution >= 4 is 22.9 Å². The standard InChI is InChI=1S/C15H16ClFN2S/c1-2-18-12-4-3-5-13-14(12)20-15(19-13)9-6-7-11(17)10(16)8-9/h6-8,12,18H,2-5H2,1H3. The van der Waals surface area contributed by atoms with Gasteiger partial charge in [-0.05, 0) is 44.0 Å². The van der Waals surface area contributed by atoms with Gasteiger partial charge in [0, 0.05) is 16.5 Å². The topological polar surface area (TPSA) is 24.9 Å². The van der Waals surface area contributed by atoms with E-state index in [1.807, 2.05) is 0 Å². The van der Waals surface area contributed by atoms with E-state index in [0.29, 0.717) is 6.04 Å². The van der Waals surface area contributed by atoms with Crippen molar-refractivity contribution in [2.75, 3.05) is 6.54 Å². The third-order valence-electron chi connectivity index (χ3n) is 3.57. The molecule has 1 aliphatic carbocycles. The molecular formula is C15H16ClFN2S. The molecule has 1 aromatic heterocycles. The van der Waals surface area contributed by atoms with Crippen molar-refractivity contribution in [3.63, 3.8) is 0 Å². The van der Waals surface area contributed by atoms with Crippen LogP contribution in [0.5, 0.6) is 0 Å². The SMILES string of the molecule is CCNC1CCCc2nc(-c3ccc(F)c(Cl)c3)sc21. The molecule has 1 heterocycles. The zero-order chi connectivity index (χ0) is 14.1. The van der Waals surface area contributed by atoms with E-state index in [4.69, 9.17) is 16.6 Å². The molecule has 1 aliphatic rings. The second-order valence-corrected chi connectivity index (χ2v) is 6.40. The summed E-state index contributed by atoms with van der Waals surface area (Å²) in [4.78, 5) is 6.05. The Balaban J connectivity index is 1.97. The molecule has 0 fully saturated rings. The van der Waals surface area contributed by atoms with Gasteiger partial charge in [-0.2, -0.15) is 0 Å². The number of rotatable bonds is 3. The van der Waals surface area contributed by atoms with Gasteiger partial charge in [-0.25, -0.2) is 9.37 Å². The van der Waals surface area contributed by atoms with Gasteiger partial charge in [0.05, 0.1) is 10.7 Å². The Morgan fingerprint density at radius 2 is 2.35 bits per heavy atom. The predicted octanol–water partition coefficient (Wildman–Crippen LogP) is 4.59. The number of nitrogens with zero attached hydrogens (tertiary/aromatic N) is 1. The summed E-state index contributed by atoms with van der Waals surface area (Å²) in [6.07, 6.45) is 3.35. The van der Waals surface area contributed by atoms with Gasteiger partial charge in [-0.3, -0.25) is 0 Å². The Hall–Kier alpha value is -0.970. The summed E-state index contributed by atoms with van der Waals surface area (Å²) in [5, 5.41) is 4.59. The van der Waals surface area contributed by atoms with Crippen LogP contribution in [0, 0.1) is 5.82 Å². The first-order chi connectivity index (χ1) is 9.69. The average Bonchev–Trinajstić information content (AvgIpc) is 2.87. The number of hydrogen-bond donors (Lipinski definition) is 1. The molecule has 3 rings (SSSR count). The van der Waals surface area contributed by atoms with Gasteiger partial charge in [0.1, 0.15) is 10.8 Å². The third kappa shape index (κ3) is 2.60.